The molecule has 0 spiro atoms. The van der Waals surface area contributed by atoms with Gasteiger partial charge in [-0.3, -0.25) is 24.0 Å². The van der Waals surface area contributed by atoms with E-state index in [9.17, 15) is 24.0 Å². The number of ether oxygens (including phenoxy) is 1. The summed E-state index contributed by atoms with van der Waals surface area (Å²) in [6, 6.07) is 14.6. The predicted octanol–water partition coefficient (Wildman–Crippen LogP) is 3.02. The molecule has 0 radical (unpaired) electrons. The molecule has 3 aliphatic heterocycles. The number of benzene rings is 3. The van der Waals surface area contributed by atoms with E-state index in [1.54, 1.807) is 36.4 Å². The van der Waals surface area contributed by atoms with Crippen LogP contribution in [0.1, 0.15) is 58.2 Å². The number of likely N-dealkylation sites (N-methyl/N-ethyl adjacent to an activating group) is 1. The molecule has 3 heterocycles. The number of rotatable bonds is 7. The van der Waals surface area contributed by atoms with Crippen molar-refractivity contribution in [3.05, 3.63) is 93.8 Å². The van der Waals surface area contributed by atoms with Crippen LogP contribution in [0.5, 0.6) is 5.75 Å². The van der Waals surface area contributed by atoms with E-state index in [1.165, 1.54) is 12.1 Å². The second-order valence-electron chi connectivity index (χ2n) is 12.3. The fourth-order valence-electron chi connectivity index (χ4n) is 6.34. The number of anilines is 3. The van der Waals surface area contributed by atoms with Crippen LogP contribution in [0.15, 0.2) is 66.0 Å². The van der Waals surface area contributed by atoms with E-state index in [-0.39, 0.29) is 33.6 Å². The summed E-state index contributed by atoms with van der Waals surface area (Å²) < 4.78 is 5.96. The molecule has 1 aliphatic carbocycles. The van der Waals surface area contributed by atoms with Crippen LogP contribution in [-0.2, 0) is 0 Å². The predicted molar refractivity (Wildman–Crippen MR) is 176 cm³/mol. The molecule has 0 aromatic heterocycles. The smallest absolute Gasteiger partial charge is 0.266 e. The van der Waals surface area contributed by atoms with Gasteiger partial charge in [-0.1, -0.05) is 6.07 Å². The van der Waals surface area contributed by atoms with Crippen molar-refractivity contribution in [2.24, 2.45) is 0 Å². The first kappa shape index (κ1) is 30.3. The average Bonchev–Trinajstić information content (AvgIpc) is 3.46. The fraction of sp³-hybridized carbons (Fsp3) is 0.286. The number of nitrogens with zero attached hydrogens (tertiary/aromatic N) is 4. The summed E-state index contributed by atoms with van der Waals surface area (Å²) >= 11 is 0. The zero-order valence-corrected chi connectivity index (χ0v) is 26.4. The van der Waals surface area contributed by atoms with Crippen molar-refractivity contribution < 1.29 is 28.7 Å². The largest absolute Gasteiger partial charge is 0.493 e. The molecule has 0 unspecified atom stereocenters. The molecule has 1 fully saturated rings. The third-order valence-electron chi connectivity index (χ3n) is 9.04. The van der Waals surface area contributed by atoms with Crippen molar-refractivity contribution in [3.63, 3.8) is 0 Å². The van der Waals surface area contributed by atoms with Crippen LogP contribution in [0.2, 0.25) is 0 Å². The Bertz CT molecular complexity index is 1850. The maximum absolute atomic E-state index is 13.6. The molecule has 12 nitrogen and oxygen atoms in total. The Kier molecular flexibility index (Phi) is 7.61. The summed E-state index contributed by atoms with van der Waals surface area (Å²) in [4.78, 5) is 74.9. The highest BCUT2D eigenvalue weighted by molar-refractivity contribution is 6.42. The number of hydrogen-bond acceptors (Lipinski definition) is 10. The van der Waals surface area contributed by atoms with Crippen molar-refractivity contribution >= 4 is 46.4 Å². The maximum atomic E-state index is 13.6. The average molecular weight is 635 g/mol. The summed E-state index contributed by atoms with van der Waals surface area (Å²) in [6.45, 7) is 5.59. The second-order valence-corrected chi connectivity index (χ2v) is 12.3. The van der Waals surface area contributed by atoms with Crippen LogP contribution < -0.4 is 25.2 Å². The molecule has 12 heteroatoms. The molecule has 3 amide bonds. The summed E-state index contributed by atoms with van der Waals surface area (Å²) in [6.07, 6.45) is 0.843. The highest BCUT2D eigenvalue weighted by Crippen LogP contribution is 2.37. The summed E-state index contributed by atoms with van der Waals surface area (Å²) in [5, 5.41) is 5.64. The van der Waals surface area contributed by atoms with Gasteiger partial charge in [-0.05, 0) is 55.9 Å². The van der Waals surface area contributed by atoms with Crippen molar-refractivity contribution in [2.75, 3.05) is 75.6 Å². The molecule has 2 N–H and O–H groups in total. The van der Waals surface area contributed by atoms with E-state index in [4.69, 9.17) is 4.74 Å². The van der Waals surface area contributed by atoms with Crippen LogP contribution >= 0.6 is 0 Å². The number of piperazine rings is 1. The minimum Gasteiger partial charge on any atom is -0.493 e. The summed E-state index contributed by atoms with van der Waals surface area (Å²) in [5.74, 6) is -2.46. The van der Waals surface area contributed by atoms with Gasteiger partial charge in [0.1, 0.15) is 17.1 Å². The Hall–Kier alpha value is -5.33. The molecule has 3 aromatic rings. The van der Waals surface area contributed by atoms with E-state index in [2.05, 4.69) is 27.5 Å². The Morgan fingerprint density at radius 2 is 1.45 bits per heavy atom. The van der Waals surface area contributed by atoms with E-state index in [0.29, 0.717) is 29.3 Å². The standard InChI is InChI=1S/C35H34N6O6/c1-38(2)20-8-9-28-27(17-20)33(44)37-32(36-28)29-30(42)23-18-25-26(19-24(23)31(29)43)35(46)41(34(25)45)21-6-4-7-22(16-21)47-15-5-10-40-13-11-39(3)12-14-40/h4,6-9,16-19,36H,5,10-15H2,1-3H3,(H,37,44). The first-order valence-electron chi connectivity index (χ1n) is 15.5. The molecular weight excluding hydrogens is 600 g/mol. The van der Waals surface area contributed by atoms with E-state index in [0.717, 1.165) is 49.7 Å². The Morgan fingerprint density at radius 3 is 2.11 bits per heavy atom. The van der Waals surface area contributed by atoms with Gasteiger partial charge in [-0.2, -0.15) is 0 Å². The number of hydrogen-bond donors (Lipinski definition) is 2. The lowest BCUT2D eigenvalue weighted by Crippen LogP contribution is -2.44. The van der Waals surface area contributed by atoms with Gasteiger partial charge in [0.05, 0.1) is 34.7 Å². The van der Waals surface area contributed by atoms with E-state index in [1.807, 2.05) is 25.1 Å². The second kappa shape index (κ2) is 11.8. The zero-order chi connectivity index (χ0) is 33.0. The first-order valence-corrected chi connectivity index (χ1v) is 15.5. The van der Waals surface area contributed by atoms with E-state index >= 15 is 0 Å². The van der Waals surface area contributed by atoms with Crippen molar-refractivity contribution in [2.45, 2.75) is 6.42 Å². The van der Waals surface area contributed by atoms with Gasteiger partial charge in [-0.25, -0.2) is 4.90 Å². The number of nitrogens with one attached hydrogen (secondary N) is 2. The number of amides is 3. The third kappa shape index (κ3) is 5.34. The van der Waals surface area contributed by atoms with Crippen LogP contribution in [0.4, 0.5) is 17.1 Å². The Morgan fingerprint density at radius 1 is 0.766 bits per heavy atom. The fourth-order valence-corrected chi connectivity index (χ4v) is 6.34. The van der Waals surface area contributed by atoms with Gasteiger partial charge in [0.2, 0.25) is 11.6 Å². The molecule has 3 aromatic carbocycles. The van der Waals surface area contributed by atoms with Crippen molar-refractivity contribution in [3.8, 4) is 5.75 Å². The van der Waals surface area contributed by atoms with Crippen molar-refractivity contribution in [1.82, 2.24) is 15.1 Å². The summed E-state index contributed by atoms with van der Waals surface area (Å²) in [7, 11) is 5.83. The highest BCUT2D eigenvalue weighted by Gasteiger charge is 2.44. The van der Waals surface area contributed by atoms with Gasteiger partial charge >= 0.3 is 0 Å². The number of fused-ring (bicyclic) bond motifs is 3. The van der Waals surface area contributed by atoms with Gasteiger partial charge in [-0.15, -0.1) is 0 Å². The van der Waals surface area contributed by atoms with Gasteiger partial charge in [0, 0.05) is 69.7 Å². The monoisotopic (exact) mass is 634 g/mol. The van der Waals surface area contributed by atoms with Crippen LogP contribution in [0.25, 0.3) is 0 Å². The van der Waals surface area contributed by atoms with E-state index < -0.39 is 29.3 Å². The number of allylic oxidation sites excluding steroid dienone is 1. The van der Waals surface area contributed by atoms with Gasteiger partial charge in [0.25, 0.3) is 17.7 Å². The minimum atomic E-state index is -0.644. The minimum absolute atomic E-state index is 0.00138. The molecule has 240 valence electrons. The Balaban J connectivity index is 1.08. The molecular formula is C35H34N6O6. The Labute approximate surface area is 271 Å². The lowest BCUT2D eigenvalue weighted by Gasteiger charge is -2.32. The lowest BCUT2D eigenvalue weighted by molar-refractivity contribution is 0.0920. The number of imide groups is 1. The lowest BCUT2D eigenvalue weighted by atomic mass is 10.0. The maximum Gasteiger partial charge on any atom is 0.266 e. The molecule has 1 saturated heterocycles. The molecule has 7 rings (SSSR count). The quantitative estimate of drug-likeness (QED) is 0.173. The van der Waals surface area contributed by atoms with Gasteiger partial charge in [0.15, 0.2) is 0 Å². The molecule has 0 bridgehead atoms. The molecule has 0 saturated carbocycles. The zero-order valence-electron chi connectivity index (χ0n) is 26.4. The number of carbonyl (C=O) groups is 5. The highest BCUT2D eigenvalue weighted by atomic mass is 16.5. The third-order valence-corrected chi connectivity index (χ3v) is 9.04. The number of Topliss-reactive ketones (excluding diaryl/α,β-unsaturated/α-hetero) is 2. The topological polar surface area (TPSA) is 132 Å². The van der Waals surface area contributed by atoms with Gasteiger partial charge < -0.3 is 30.1 Å². The number of ketones is 2. The molecule has 4 aliphatic rings. The normalized spacial score (nSPS) is 17.9. The van der Waals surface area contributed by atoms with Crippen molar-refractivity contribution in [1.29, 1.82) is 0 Å². The number of carbonyl (C=O) groups excluding carboxylic acids is 5. The van der Waals surface area contributed by atoms with Crippen LogP contribution in [0.3, 0.4) is 0 Å². The first-order chi connectivity index (χ1) is 22.6. The molecule has 0 atom stereocenters. The van der Waals surface area contributed by atoms with Crippen LogP contribution in [-0.4, -0.2) is 99.6 Å². The van der Waals surface area contributed by atoms with Crippen LogP contribution in [0, 0.1) is 0 Å². The SMILES string of the molecule is CN1CCN(CCCOc2cccc(N3C(=O)c4cc5c(cc4C3=O)C(=O)C(=C3NC(=O)c4cc(N(C)C)ccc4N3)C5=O)c2)CC1. The summed E-state index contributed by atoms with van der Waals surface area (Å²) in [5.41, 5.74) is 1.76. The molecule has 47 heavy (non-hydrogen) atoms.